The summed E-state index contributed by atoms with van der Waals surface area (Å²) < 4.78 is 5.84. The normalized spacial score (nSPS) is 19.6. The van der Waals surface area contributed by atoms with E-state index in [9.17, 15) is 14.7 Å². The number of carboxylic acids is 1. The number of hydrogen-bond donors (Lipinski definition) is 3. The number of thiazole rings is 1. The van der Waals surface area contributed by atoms with Crippen LogP contribution in [0.1, 0.15) is 45.0 Å². The Morgan fingerprint density at radius 3 is 2.75 bits per heavy atom. The predicted octanol–water partition coefficient (Wildman–Crippen LogP) is 2.25. The molecule has 152 valence electrons. The molecule has 0 radical (unpaired) electrons. The van der Waals surface area contributed by atoms with E-state index in [-0.39, 0.29) is 33.9 Å². The Morgan fingerprint density at radius 1 is 1.43 bits per heavy atom. The van der Waals surface area contributed by atoms with E-state index in [1.807, 2.05) is 11.8 Å². The van der Waals surface area contributed by atoms with Crippen LogP contribution in [0.2, 0.25) is 5.15 Å². The van der Waals surface area contributed by atoms with Crippen molar-refractivity contribution in [3.8, 4) is 0 Å². The van der Waals surface area contributed by atoms with Crippen LogP contribution in [-0.2, 0) is 4.74 Å². The fraction of sp³-hybridized carbons (Fsp3) is 0.529. The number of aromatic nitrogens is 3. The van der Waals surface area contributed by atoms with Crippen LogP contribution in [0.5, 0.6) is 0 Å². The molecule has 0 aliphatic carbocycles. The Morgan fingerprint density at radius 2 is 2.18 bits per heavy atom. The van der Waals surface area contributed by atoms with Gasteiger partial charge in [-0.2, -0.15) is 0 Å². The van der Waals surface area contributed by atoms with E-state index in [0.29, 0.717) is 42.6 Å². The maximum atomic E-state index is 12.5. The highest BCUT2D eigenvalue weighted by Crippen LogP contribution is 2.29. The average Bonchev–Trinajstić information content (AvgIpc) is 3.19. The number of carbonyl (C=O) groups is 2. The minimum absolute atomic E-state index is 0.168. The summed E-state index contributed by atoms with van der Waals surface area (Å²) in [5, 5.41) is 13.1. The first-order chi connectivity index (χ1) is 13.3. The second kappa shape index (κ2) is 8.46. The molecular formula is C17H22ClN5O4S. The van der Waals surface area contributed by atoms with Crippen molar-refractivity contribution in [3.05, 3.63) is 27.2 Å². The van der Waals surface area contributed by atoms with Gasteiger partial charge in [-0.15, -0.1) is 0 Å². The highest BCUT2D eigenvalue weighted by Gasteiger charge is 2.33. The van der Waals surface area contributed by atoms with Crippen molar-refractivity contribution >= 4 is 39.9 Å². The Labute approximate surface area is 171 Å². The van der Waals surface area contributed by atoms with Gasteiger partial charge in [0, 0.05) is 19.7 Å². The van der Waals surface area contributed by atoms with E-state index < -0.39 is 5.97 Å². The Kier molecular flexibility index (Phi) is 6.21. The number of hydrogen-bond acceptors (Lipinski definition) is 7. The summed E-state index contributed by atoms with van der Waals surface area (Å²) in [5.74, 6) is -1.14. The van der Waals surface area contributed by atoms with Crippen LogP contribution in [0, 0.1) is 13.8 Å². The van der Waals surface area contributed by atoms with Gasteiger partial charge in [0.15, 0.2) is 16.1 Å². The molecule has 0 spiro atoms. The van der Waals surface area contributed by atoms with Crippen molar-refractivity contribution in [1.29, 1.82) is 0 Å². The highest BCUT2D eigenvalue weighted by atomic mass is 35.5. The minimum Gasteiger partial charge on any atom is -0.477 e. The molecule has 1 amide bonds. The van der Waals surface area contributed by atoms with Crippen molar-refractivity contribution in [2.24, 2.45) is 0 Å². The smallest absolute Gasteiger partial charge is 0.347 e. The van der Waals surface area contributed by atoms with Crippen molar-refractivity contribution in [1.82, 2.24) is 20.3 Å². The molecule has 1 saturated heterocycles. The first-order valence-electron chi connectivity index (χ1n) is 8.90. The second-order valence-corrected chi connectivity index (χ2v) is 7.86. The standard InChI is InChI=1S/C17H22ClN5O4S/c1-4-27-11-7-23(17-20-8(2)12(28-17)16(25)26)6-5-10(11)21-15(24)14-19-9(3)13(18)22-14/h10-11H,4-7H2,1-3H3,(H,19,22)(H,21,24)(H,25,26)/t10-,11+/m0/s1. The highest BCUT2D eigenvalue weighted by molar-refractivity contribution is 7.17. The number of aryl methyl sites for hydroxylation is 2. The molecule has 3 rings (SSSR count). The molecule has 1 aliphatic heterocycles. The summed E-state index contributed by atoms with van der Waals surface area (Å²) >= 11 is 7.07. The molecule has 11 heteroatoms. The van der Waals surface area contributed by atoms with Crippen LogP contribution in [0.25, 0.3) is 0 Å². The molecule has 0 bridgehead atoms. The largest absolute Gasteiger partial charge is 0.477 e. The van der Waals surface area contributed by atoms with Crippen LogP contribution in [-0.4, -0.2) is 63.8 Å². The number of ether oxygens (including phenoxy) is 1. The molecule has 1 aliphatic rings. The van der Waals surface area contributed by atoms with E-state index in [1.165, 1.54) is 0 Å². The van der Waals surface area contributed by atoms with Gasteiger partial charge in [0.2, 0.25) is 0 Å². The first-order valence-corrected chi connectivity index (χ1v) is 10.1. The zero-order chi connectivity index (χ0) is 20.4. The molecule has 3 N–H and O–H groups in total. The van der Waals surface area contributed by atoms with Gasteiger partial charge in [-0.05, 0) is 27.2 Å². The SMILES string of the molecule is CCO[C@@H]1CN(c2nc(C)c(C(=O)O)s2)CC[C@@H]1NC(=O)c1nc(Cl)c(C)[nH]1. The zero-order valence-electron chi connectivity index (χ0n) is 15.8. The van der Waals surface area contributed by atoms with Gasteiger partial charge >= 0.3 is 5.97 Å². The number of anilines is 1. The Bertz CT molecular complexity index is 864. The van der Waals surface area contributed by atoms with Gasteiger partial charge in [0.25, 0.3) is 5.91 Å². The van der Waals surface area contributed by atoms with Crippen LogP contribution in [0.3, 0.4) is 0 Å². The summed E-state index contributed by atoms with van der Waals surface area (Å²) in [6, 6.07) is -0.201. The van der Waals surface area contributed by atoms with Crippen LogP contribution in [0.4, 0.5) is 5.13 Å². The molecule has 2 atom stereocenters. The second-order valence-electron chi connectivity index (χ2n) is 6.53. The van der Waals surface area contributed by atoms with E-state index in [0.717, 1.165) is 11.3 Å². The van der Waals surface area contributed by atoms with Gasteiger partial charge in [0.1, 0.15) is 4.88 Å². The maximum absolute atomic E-state index is 12.5. The van der Waals surface area contributed by atoms with Gasteiger partial charge in [-0.3, -0.25) is 4.79 Å². The number of amides is 1. The average molecular weight is 428 g/mol. The van der Waals surface area contributed by atoms with Crippen molar-refractivity contribution in [2.45, 2.75) is 39.3 Å². The topological polar surface area (TPSA) is 120 Å². The lowest BCUT2D eigenvalue weighted by Crippen LogP contribution is -2.55. The number of aromatic amines is 1. The van der Waals surface area contributed by atoms with Crippen molar-refractivity contribution < 1.29 is 19.4 Å². The monoisotopic (exact) mass is 427 g/mol. The number of nitrogens with one attached hydrogen (secondary N) is 2. The van der Waals surface area contributed by atoms with Gasteiger partial charge in [0.05, 0.1) is 23.5 Å². The number of aromatic carboxylic acids is 1. The predicted molar refractivity (Wildman–Crippen MR) is 106 cm³/mol. The number of halogens is 1. The summed E-state index contributed by atoms with van der Waals surface area (Å²) in [6.07, 6.45) is 0.372. The van der Waals surface area contributed by atoms with Gasteiger partial charge < -0.3 is 25.0 Å². The first kappa shape index (κ1) is 20.6. The molecule has 1 fully saturated rings. The molecular weight excluding hydrogens is 406 g/mol. The molecule has 9 nitrogen and oxygen atoms in total. The zero-order valence-corrected chi connectivity index (χ0v) is 17.4. The number of imidazole rings is 1. The number of carbonyl (C=O) groups excluding carboxylic acids is 1. The third-order valence-corrected chi connectivity index (χ3v) is 6.12. The molecule has 3 heterocycles. The van der Waals surface area contributed by atoms with Gasteiger partial charge in [-0.1, -0.05) is 22.9 Å². The van der Waals surface area contributed by atoms with Crippen LogP contribution in [0.15, 0.2) is 0 Å². The lowest BCUT2D eigenvalue weighted by molar-refractivity contribution is 0.0271. The Hall–Kier alpha value is -2.17. The van der Waals surface area contributed by atoms with Crippen molar-refractivity contribution in [2.75, 3.05) is 24.6 Å². The number of nitrogens with zero attached hydrogens (tertiary/aromatic N) is 3. The van der Waals surface area contributed by atoms with Crippen LogP contribution >= 0.6 is 22.9 Å². The Balaban J connectivity index is 1.71. The molecule has 28 heavy (non-hydrogen) atoms. The van der Waals surface area contributed by atoms with Crippen molar-refractivity contribution in [3.63, 3.8) is 0 Å². The lowest BCUT2D eigenvalue weighted by Gasteiger charge is -2.38. The fourth-order valence-corrected chi connectivity index (χ4v) is 4.21. The van der Waals surface area contributed by atoms with Crippen LogP contribution < -0.4 is 10.2 Å². The van der Waals surface area contributed by atoms with E-state index in [2.05, 4.69) is 20.3 Å². The third-order valence-electron chi connectivity index (χ3n) is 4.55. The summed E-state index contributed by atoms with van der Waals surface area (Å²) in [7, 11) is 0. The quantitative estimate of drug-likeness (QED) is 0.646. The summed E-state index contributed by atoms with van der Waals surface area (Å²) in [4.78, 5) is 37.3. The number of rotatable bonds is 6. The summed E-state index contributed by atoms with van der Waals surface area (Å²) in [5.41, 5.74) is 1.14. The molecule has 2 aromatic rings. The third kappa shape index (κ3) is 4.29. The van der Waals surface area contributed by atoms with E-state index in [4.69, 9.17) is 16.3 Å². The molecule has 0 saturated carbocycles. The number of carboxylic acid groups (broad SMARTS) is 1. The van der Waals surface area contributed by atoms with E-state index >= 15 is 0 Å². The molecule has 0 unspecified atom stereocenters. The van der Waals surface area contributed by atoms with E-state index in [1.54, 1.807) is 13.8 Å². The number of H-pyrrole nitrogens is 1. The fourth-order valence-electron chi connectivity index (χ4n) is 3.14. The maximum Gasteiger partial charge on any atom is 0.347 e. The lowest BCUT2D eigenvalue weighted by atomic mass is 10.0. The minimum atomic E-state index is -0.975. The number of piperidine rings is 1. The molecule has 2 aromatic heterocycles. The van der Waals surface area contributed by atoms with Gasteiger partial charge in [-0.25, -0.2) is 14.8 Å². The summed E-state index contributed by atoms with van der Waals surface area (Å²) in [6.45, 7) is 6.94. The molecule has 0 aromatic carbocycles.